The van der Waals surface area contributed by atoms with E-state index in [0.29, 0.717) is 12.5 Å². The van der Waals surface area contributed by atoms with Crippen molar-refractivity contribution in [2.24, 2.45) is 5.92 Å². The molecule has 1 aliphatic rings. The van der Waals surface area contributed by atoms with Crippen molar-refractivity contribution in [2.45, 2.75) is 12.8 Å². The Balaban J connectivity index is 1.67. The van der Waals surface area contributed by atoms with Crippen molar-refractivity contribution >= 4 is 5.69 Å². The second-order valence-corrected chi connectivity index (χ2v) is 5.25. The Morgan fingerprint density at radius 3 is 2.78 bits per heavy atom. The number of hydrogen-bond donors (Lipinski definition) is 1. The van der Waals surface area contributed by atoms with Gasteiger partial charge in [-0.1, -0.05) is 18.2 Å². The van der Waals surface area contributed by atoms with Crippen LogP contribution in [0, 0.1) is 5.92 Å². The Bertz CT molecular complexity index is 342. The summed E-state index contributed by atoms with van der Waals surface area (Å²) in [5.41, 5.74) is 1.28. The monoisotopic (exact) mass is 248 g/mol. The fraction of sp³-hybridized carbons (Fsp3) is 0.600. The van der Waals surface area contributed by atoms with Gasteiger partial charge >= 0.3 is 0 Å². The molecule has 2 rings (SSSR count). The van der Waals surface area contributed by atoms with Gasteiger partial charge in [0.05, 0.1) is 0 Å². The highest BCUT2D eigenvalue weighted by Gasteiger charge is 2.20. The molecule has 1 aromatic rings. The van der Waals surface area contributed by atoms with Gasteiger partial charge in [-0.15, -0.1) is 0 Å². The van der Waals surface area contributed by atoms with Crippen molar-refractivity contribution in [3.8, 4) is 0 Å². The van der Waals surface area contributed by atoms with Crippen LogP contribution in [0.15, 0.2) is 30.3 Å². The van der Waals surface area contributed by atoms with Gasteiger partial charge in [0.25, 0.3) is 0 Å². The fourth-order valence-corrected chi connectivity index (χ4v) is 2.61. The van der Waals surface area contributed by atoms with Crippen molar-refractivity contribution in [1.82, 2.24) is 4.90 Å². The number of rotatable bonds is 6. The quantitative estimate of drug-likeness (QED) is 0.832. The number of aliphatic hydroxyl groups excluding tert-OH is 1. The number of hydrogen-bond acceptors (Lipinski definition) is 3. The minimum atomic E-state index is 0.348. The van der Waals surface area contributed by atoms with E-state index >= 15 is 0 Å². The molecule has 3 nitrogen and oxygen atoms in total. The lowest BCUT2D eigenvalue weighted by Gasteiger charge is -2.21. The van der Waals surface area contributed by atoms with E-state index in [-0.39, 0.29) is 0 Å². The van der Waals surface area contributed by atoms with E-state index in [1.807, 2.05) is 0 Å². The van der Waals surface area contributed by atoms with Gasteiger partial charge in [-0.25, -0.2) is 0 Å². The molecule has 100 valence electrons. The van der Waals surface area contributed by atoms with Crippen molar-refractivity contribution in [3.63, 3.8) is 0 Å². The molecule has 1 heterocycles. The smallest absolute Gasteiger partial charge is 0.0471 e. The largest absolute Gasteiger partial charge is 0.396 e. The van der Waals surface area contributed by atoms with Gasteiger partial charge in [0.2, 0.25) is 0 Å². The van der Waals surface area contributed by atoms with E-state index in [2.05, 4.69) is 47.2 Å². The van der Waals surface area contributed by atoms with Gasteiger partial charge in [0.1, 0.15) is 0 Å². The Morgan fingerprint density at radius 2 is 2.11 bits per heavy atom. The zero-order chi connectivity index (χ0) is 12.8. The van der Waals surface area contributed by atoms with Crippen LogP contribution in [0.25, 0.3) is 0 Å². The van der Waals surface area contributed by atoms with Crippen LogP contribution in [0.5, 0.6) is 0 Å². The molecule has 3 heteroatoms. The lowest BCUT2D eigenvalue weighted by molar-refractivity contribution is 0.221. The maximum atomic E-state index is 9.11. The van der Waals surface area contributed by atoms with Crippen molar-refractivity contribution in [3.05, 3.63) is 30.3 Å². The third kappa shape index (κ3) is 3.72. The second kappa shape index (κ2) is 6.76. The minimum Gasteiger partial charge on any atom is -0.396 e. The highest BCUT2D eigenvalue weighted by molar-refractivity contribution is 5.44. The van der Waals surface area contributed by atoms with Crippen LogP contribution in [-0.2, 0) is 0 Å². The topological polar surface area (TPSA) is 26.7 Å². The molecule has 0 radical (unpaired) electrons. The Hall–Kier alpha value is -1.06. The molecule has 0 saturated carbocycles. The van der Waals surface area contributed by atoms with Crippen LogP contribution in [0.4, 0.5) is 5.69 Å². The average molecular weight is 248 g/mol. The number of para-hydroxylation sites is 1. The fourth-order valence-electron chi connectivity index (χ4n) is 2.61. The molecule has 0 bridgehead atoms. The van der Waals surface area contributed by atoms with Gasteiger partial charge in [-0.3, -0.25) is 0 Å². The maximum Gasteiger partial charge on any atom is 0.0471 e. The molecular formula is C15H24N2O. The summed E-state index contributed by atoms with van der Waals surface area (Å²) in [6.07, 6.45) is 2.34. The molecule has 1 unspecified atom stereocenters. The summed E-state index contributed by atoms with van der Waals surface area (Å²) in [5.74, 6) is 0.511. The van der Waals surface area contributed by atoms with Gasteiger partial charge in [-0.2, -0.15) is 0 Å². The molecule has 1 fully saturated rings. The lowest BCUT2D eigenvalue weighted by Crippen LogP contribution is -2.27. The standard InChI is InChI=1S/C15H24N2O/c1-16(15-6-3-2-4-7-15)9-5-10-17-11-8-14(12-17)13-18/h2-4,6-7,14,18H,5,8-13H2,1H3. The highest BCUT2D eigenvalue weighted by Crippen LogP contribution is 2.16. The number of benzene rings is 1. The van der Waals surface area contributed by atoms with E-state index in [1.165, 1.54) is 12.1 Å². The first kappa shape index (κ1) is 13.4. The molecule has 0 aromatic heterocycles. The molecule has 1 saturated heterocycles. The minimum absolute atomic E-state index is 0.348. The summed E-state index contributed by atoms with van der Waals surface area (Å²) in [7, 11) is 2.15. The lowest BCUT2D eigenvalue weighted by atomic mass is 10.1. The zero-order valence-corrected chi connectivity index (χ0v) is 11.3. The van der Waals surface area contributed by atoms with E-state index in [0.717, 1.165) is 32.6 Å². The summed E-state index contributed by atoms with van der Waals surface area (Å²) in [5, 5.41) is 9.11. The van der Waals surface area contributed by atoms with E-state index in [4.69, 9.17) is 5.11 Å². The predicted octanol–water partition coefficient (Wildman–Crippen LogP) is 1.83. The summed E-state index contributed by atoms with van der Waals surface area (Å²) in [4.78, 5) is 4.78. The Labute approximate surface area is 110 Å². The molecule has 18 heavy (non-hydrogen) atoms. The average Bonchev–Trinajstić information content (AvgIpc) is 2.87. The van der Waals surface area contributed by atoms with Crippen molar-refractivity contribution < 1.29 is 5.11 Å². The van der Waals surface area contributed by atoms with Gasteiger partial charge in [-0.05, 0) is 44.0 Å². The van der Waals surface area contributed by atoms with E-state index in [1.54, 1.807) is 0 Å². The molecule has 0 spiro atoms. The summed E-state index contributed by atoms with van der Waals surface area (Å²) in [6.45, 7) is 4.81. The number of aliphatic hydroxyl groups is 1. The molecular weight excluding hydrogens is 224 g/mol. The van der Waals surface area contributed by atoms with Crippen LogP contribution < -0.4 is 4.90 Å². The van der Waals surface area contributed by atoms with Crippen LogP contribution in [0.2, 0.25) is 0 Å². The van der Waals surface area contributed by atoms with Gasteiger partial charge < -0.3 is 14.9 Å². The van der Waals surface area contributed by atoms with Crippen LogP contribution in [0.1, 0.15) is 12.8 Å². The highest BCUT2D eigenvalue weighted by atomic mass is 16.3. The normalized spacial score (nSPS) is 20.2. The molecule has 1 aromatic carbocycles. The first-order valence-electron chi connectivity index (χ1n) is 6.89. The Morgan fingerprint density at radius 1 is 1.33 bits per heavy atom. The van der Waals surface area contributed by atoms with Crippen LogP contribution >= 0.6 is 0 Å². The first-order chi connectivity index (χ1) is 8.79. The van der Waals surface area contributed by atoms with Crippen molar-refractivity contribution in [1.29, 1.82) is 0 Å². The first-order valence-corrected chi connectivity index (χ1v) is 6.89. The second-order valence-electron chi connectivity index (χ2n) is 5.25. The number of likely N-dealkylation sites (tertiary alicyclic amines) is 1. The number of nitrogens with zero attached hydrogens (tertiary/aromatic N) is 2. The van der Waals surface area contributed by atoms with E-state index < -0.39 is 0 Å². The zero-order valence-electron chi connectivity index (χ0n) is 11.3. The molecule has 1 atom stereocenters. The van der Waals surface area contributed by atoms with Crippen molar-refractivity contribution in [2.75, 3.05) is 44.7 Å². The van der Waals surface area contributed by atoms with Gasteiger partial charge in [0, 0.05) is 32.4 Å². The predicted molar refractivity (Wildman–Crippen MR) is 76.0 cm³/mol. The summed E-state index contributed by atoms with van der Waals surface area (Å²) < 4.78 is 0. The third-order valence-electron chi connectivity index (χ3n) is 3.79. The summed E-state index contributed by atoms with van der Waals surface area (Å²) >= 11 is 0. The SMILES string of the molecule is CN(CCCN1CCC(CO)C1)c1ccccc1. The summed E-state index contributed by atoms with van der Waals surface area (Å²) in [6, 6.07) is 10.5. The molecule has 1 aliphatic heterocycles. The maximum absolute atomic E-state index is 9.11. The van der Waals surface area contributed by atoms with Gasteiger partial charge in [0.15, 0.2) is 0 Å². The van der Waals surface area contributed by atoms with Crippen LogP contribution in [0.3, 0.4) is 0 Å². The molecule has 1 N–H and O–H groups in total. The molecule has 0 amide bonds. The van der Waals surface area contributed by atoms with E-state index in [9.17, 15) is 0 Å². The third-order valence-corrected chi connectivity index (χ3v) is 3.79. The number of anilines is 1. The molecule has 0 aliphatic carbocycles. The Kier molecular flexibility index (Phi) is 5.02. The van der Waals surface area contributed by atoms with Crippen LogP contribution in [-0.4, -0.2) is 49.8 Å².